The van der Waals surface area contributed by atoms with Crippen LogP contribution in [0.3, 0.4) is 0 Å². The predicted octanol–water partition coefficient (Wildman–Crippen LogP) is 10.4. The van der Waals surface area contributed by atoms with Gasteiger partial charge in [-0.1, -0.05) is 110 Å². The van der Waals surface area contributed by atoms with E-state index >= 15 is 0 Å². The van der Waals surface area contributed by atoms with Crippen LogP contribution >= 0.6 is 0 Å². The van der Waals surface area contributed by atoms with Gasteiger partial charge in [-0.15, -0.1) is 0 Å². The van der Waals surface area contributed by atoms with Crippen molar-refractivity contribution in [1.82, 2.24) is 19.1 Å². The third kappa shape index (κ3) is 4.47. The van der Waals surface area contributed by atoms with Gasteiger partial charge < -0.3 is 9.13 Å². The fraction of sp³-hybridized carbons (Fsp3) is 0.100. The summed E-state index contributed by atoms with van der Waals surface area (Å²) in [6.45, 7) is 13.9. The highest BCUT2D eigenvalue weighted by atomic mass is 15.1. The van der Waals surface area contributed by atoms with Gasteiger partial charge in [0.25, 0.3) is 0 Å². The van der Waals surface area contributed by atoms with Crippen LogP contribution in [0.5, 0.6) is 0 Å². The van der Waals surface area contributed by atoms with Gasteiger partial charge in [0, 0.05) is 24.2 Å². The summed E-state index contributed by atoms with van der Waals surface area (Å²) >= 11 is 0. The summed E-state index contributed by atoms with van der Waals surface area (Å²) in [5, 5.41) is 2.46. The molecule has 4 nitrogen and oxygen atoms in total. The Balaban J connectivity index is 1.25. The number of rotatable bonds is 8. The maximum atomic E-state index is 4.95. The second-order valence-electron chi connectivity index (χ2n) is 10.9. The SMILES string of the molecule is C=Cc1nc(-c2ccc(-c3cccc4c(-c5ccc(-c6nc7ccccc7n6CC)cc5)cccc34)cc2)n(CC)c1C=C. The molecule has 0 saturated heterocycles. The minimum absolute atomic E-state index is 0.810. The summed E-state index contributed by atoms with van der Waals surface area (Å²) in [7, 11) is 0. The monoisotopic (exact) mass is 570 g/mol. The molecule has 0 bridgehead atoms. The van der Waals surface area contributed by atoms with Gasteiger partial charge in [-0.3, -0.25) is 0 Å². The van der Waals surface area contributed by atoms with Gasteiger partial charge in [-0.05, 0) is 71.2 Å². The van der Waals surface area contributed by atoms with E-state index in [1.54, 1.807) is 6.08 Å². The molecule has 0 fully saturated rings. The van der Waals surface area contributed by atoms with Crippen molar-refractivity contribution < 1.29 is 0 Å². The van der Waals surface area contributed by atoms with E-state index in [1.807, 2.05) is 12.1 Å². The van der Waals surface area contributed by atoms with Crippen LogP contribution in [0.2, 0.25) is 0 Å². The third-order valence-electron chi connectivity index (χ3n) is 8.54. The lowest BCUT2D eigenvalue weighted by molar-refractivity contribution is 0.763. The number of aryl methyl sites for hydroxylation is 1. The van der Waals surface area contributed by atoms with E-state index in [-0.39, 0.29) is 0 Å². The lowest BCUT2D eigenvalue weighted by Gasteiger charge is -2.13. The quantitative estimate of drug-likeness (QED) is 0.182. The Bertz CT molecular complexity index is 2160. The first-order valence-corrected chi connectivity index (χ1v) is 15.2. The molecule has 0 aliphatic carbocycles. The van der Waals surface area contributed by atoms with Crippen molar-refractivity contribution in [3.63, 3.8) is 0 Å². The molecule has 7 rings (SSSR count). The minimum Gasteiger partial charge on any atom is -0.324 e. The molecule has 214 valence electrons. The van der Waals surface area contributed by atoms with E-state index in [0.717, 1.165) is 52.8 Å². The van der Waals surface area contributed by atoms with E-state index in [1.165, 1.54) is 38.5 Å². The molecule has 0 aliphatic rings. The fourth-order valence-electron chi connectivity index (χ4n) is 6.42. The average molecular weight is 571 g/mol. The smallest absolute Gasteiger partial charge is 0.141 e. The summed E-state index contributed by atoms with van der Waals surface area (Å²) in [6, 6.07) is 39.1. The van der Waals surface area contributed by atoms with Crippen LogP contribution in [0.25, 0.3) is 79.0 Å². The average Bonchev–Trinajstić information content (AvgIpc) is 3.65. The highest BCUT2D eigenvalue weighted by Crippen LogP contribution is 2.36. The van der Waals surface area contributed by atoms with Gasteiger partial charge in [-0.2, -0.15) is 0 Å². The predicted molar refractivity (Wildman–Crippen MR) is 186 cm³/mol. The van der Waals surface area contributed by atoms with Gasteiger partial charge in [0.2, 0.25) is 0 Å². The van der Waals surface area contributed by atoms with Crippen molar-refractivity contribution in [2.75, 3.05) is 0 Å². The van der Waals surface area contributed by atoms with Crippen LogP contribution in [-0.2, 0) is 13.1 Å². The largest absolute Gasteiger partial charge is 0.324 e. The van der Waals surface area contributed by atoms with Crippen LogP contribution in [0, 0.1) is 0 Å². The summed E-state index contributed by atoms with van der Waals surface area (Å²) < 4.78 is 4.47. The number of aromatic nitrogens is 4. The number of imidazole rings is 2. The number of benzene rings is 5. The normalized spacial score (nSPS) is 11.3. The fourth-order valence-corrected chi connectivity index (χ4v) is 6.42. The lowest BCUT2D eigenvalue weighted by Crippen LogP contribution is -2.00. The van der Waals surface area contributed by atoms with E-state index in [9.17, 15) is 0 Å². The molecule has 0 N–H and O–H groups in total. The van der Waals surface area contributed by atoms with E-state index in [4.69, 9.17) is 9.97 Å². The standard InChI is InChI=1S/C40H34N4/c1-5-35-37(6-2)43(7-3)39(41-35)29-23-19-27(20-24-29)31-13-11-16-34-32(14-12-15-33(31)34)28-21-25-30(26-22-28)40-42-36-17-9-10-18-38(36)44(40)8-4/h5-6,9-26H,1-2,7-8H2,3-4H3. The van der Waals surface area contributed by atoms with Crippen LogP contribution in [0.4, 0.5) is 0 Å². The molecule has 5 aromatic carbocycles. The number of nitrogens with zero attached hydrogens (tertiary/aromatic N) is 4. The Morgan fingerprint density at radius 1 is 0.545 bits per heavy atom. The van der Waals surface area contributed by atoms with Gasteiger partial charge in [0.05, 0.1) is 22.4 Å². The number of para-hydroxylation sites is 2. The Hall–Kier alpha value is -5.48. The van der Waals surface area contributed by atoms with Gasteiger partial charge in [0.1, 0.15) is 11.6 Å². The Kier molecular flexibility index (Phi) is 7.03. The Morgan fingerprint density at radius 3 is 1.59 bits per heavy atom. The zero-order chi connectivity index (χ0) is 30.2. The molecule has 0 unspecified atom stereocenters. The van der Waals surface area contributed by atoms with Crippen LogP contribution < -0.4 is 0 Å². The molecule has 0 atom stereocenters. The zero-order valence-corrected chi connectivity index (χ0v) is 25.2. The van der Waals surface area contributed by atoms with E-state index < -0.39 is 0 Å². The second kappa shape index (κ2) is 11.3. The molecule has 44 heavy (non-hydrogen) atoms. The number of hydrogen-bond donors (Lipinski definition) is 0. The van der Waals surface area contributed by atoms with Gasteiger partial charge in [0.15, 0.2) is 0 Å². The topological polar surface area (TPSA) is 35.6 Å². The first kappa shape index (κ1) is 27.4. The molecule has 0 aliphatic heterocycles. The first-order valence-electron chi connectivity index (χ1n) is 15.2. The molecule has 4 heteroatoms. The third-order valence-corrected chi connectivity index (χ3v) is 8.54. The molecule has 2 aromatic heterocycles. The molecule has 0 radical (unpaired) electrons. The molecular formula is C40H34N4. The van der Waals surface area contributed by atoms with Crippen molar-refractivity contribution in [3.8, 4) is 45.0 Å². The first-order chi connectivity index (χ1) is 21.6. The van der Waals surface area contributed by atoms with Crippen LogP contribution in [-0.4, -0.2) is 19.1 Å². The minimum atomic E-state index is 0.810. The van der Waals surface area contributed by atoms with Crippen molar-refractivity contribution >= 4 is 34.0 Å². The molecule has 0 amide bonds. The van der Waals surface area contributed by atoms with E-state index in [0.29, 0.717) is 0 Å². The maximum Gasteiger partial charge on any atom is 0.141 e. The highest BCUT2D eigenvalue weighted by molar-refractivity contribution is 6.04. The summed E-state index contributed by atoms with van der Waals surface area (Å²) in [6.07, 6.45) is 3.65. The molecule has 0 spiro atoms. The van der Waals surface area contributed by atoms with Crippen LogP contribution in [0.1, 0.15) is 25.2 Å². The van der Waals surface area contributed by atoms with Crippen LogP contribution in [0.15, 0.2) is 122 Å². The molecule has 7 aromatic rings. The Labute approximate surface area is 258 Å². The van der Waals surface area contributed by atoms with Crippen molar-refractivity contribution in [1.29, 1.82) is 0 Å². The highest BCUT2D eigenvalue weighted by Gasteiger charge is 2.15. The molecule has 2 heterocycles. The molecular weight excluding hydrogens is 536 g/mol. The van der Waals surface area contributed by atoms with E-state index in [2.05, 4.69) is 139 Å². The molecule has 0 saturated carbocycles. The zero-order valence-electron chi connectivity index (χ0n) is 25.2. The summed E-state index contributed by atoms with van der Waals surface area (Å²) in [4.78, 5) is 9.80. The summed E-state index contributed by atoms with van der Waals surface area (Å²) in [5.41, 5.74) is 11.0. The number of hydrogen-bond acceptors (Lipinski definition) is 2. The Morgan fingerprint density at radius 2 is 1.07 bits per heavy atom. The number of fused-ring (bicyclic) bond motifs is 2. The van der Waals surface area contributed by atoms with Gasteiger partial charge >= 0.3 is 0 Å². The van der Waals surface area contributed by atoms with Crippen molar-refractivity contribution in [2.24, 2.45) is 0 Å². The lowest BCUT2D eigenvalue weighted by atomic mass is 9.92. The van der Waals surface area contributed by atoms with Crippen molar-refractivity contribution in [3.05, 3.63) is 134 Å². The second-order valence-corrected chi connectivity index (χ2v) is 10.9. The van der Waals surface area contributed by atoms with Crippen molar-refractivity contribution in [2.45, 2.75) is 26.9 Å². The van der Waals surface area contributed by atoms with Gasteiger partial charge in [-0.25, -0.2) is 9.97 Å². The summed E-state index contributed by atoms with van der Waals surface area (Å²) in [5.74, 6) is 1.94. The maximum absolute atomic E-state index is 4.95.